The van der Waals surface area contributed by atoms with Crippen LogP contribution in [0.1, 0.15) is 27.9 Å². The number of hydrogen-bond acceptors (Lipinski definition) is 3. The van der Waals surface area contributed by atoms with Gasteiger partial charge in [0.1, 0.15) is 5.75 Å². The van der Waals surface area contributed by atoms with Gasteiger partial charge >= 0.3 is 0 Å². The number of fused-ring (bicyclic) bond motifs is 1. The number of carbonyl (C=O) groups excluding carboxylic acids is 1. The number of hydroxylamine groups is 1. The lowest BCUT2D eigenvalue weighted by atomic mass is 9.95. The van der Waals surface area contributed by atoms with E-state index in [0.29, 0.717) is 0 Å². The molecule has 1 aromatic heterocycles. The fraction of sp³-hybridized carbons (Fsp3) is 0.174. The van der Waals surface area contributed by atoms with Crippen molar-refractivity contribution in [2.75, 3.05) is 7.11 Å². The van der Waals surface area contributed by atoms with Gasteiger partial charge in [0.15, 0.2) is 0 Å². The van der Waals surface area contributed by atoms with Gasteiger partial charge in [0.25, 0.3) is 5.91 Å². The summed E-state index contributed by atoms with van der Waals surface area (Å²) in [6, 6.07) is 12.3. The van der Waals surface area contributed by atoms with E-state index in [9.17, 15) is 4.79 Å². The Labute approximate surface area is 164 Å². The molecule has 0 aliphatic rings. The third-order valence-corrected chi connectivity index (χ3v) is 5.13. The van der Waals surface area contributed by atoms with E-state index < -0.39 is 5.91 Å². The van der Waals surface area contributed by atoms with E-state index in [-0.39, 0.29) is 0 Å². The molecule has 144 valence electrons. The molecule has 0 unspecified atom stereocenters. The van der Waals surface area contributed by atoms with Gasteiger partial charge < -0.3 is 9.30 Å². The Bertz CT molecular complexity index is 1110. The van der Waals surface area contributed by atoms with Crippen molar-refractivity contribution < 1.29 is 14.7 Å². The van der Waals surface area contributed by atoms with Gasteiger partial charge in [-0.25, -0.2) is 5.48 Å². The Morgan fingerprint density at radius 1 is 1.18 bits per heavy atom. The lowest BCUT2D eigenvalue weighted by Gasteiger charge is -2.13. The van der Waals surface area contributed by atoms with Crippen LogP contribution in [0.3, 0.4) is 0 Å². The third-order valence-electron chi connectivity index (χ3n) is 5.13. The molecule has 3 rings (SSSR count). The maximum absolute atomic E-state index is 11.2. The van der Waals surface area contributed by atoms with Crippen LogP contribution in [0.25, 0.3) is 22.6 Å². The number of amides is 1. The maximum Gasteiger partial charge on any atom is 0.267 e. The highest BCUT2D eigenvalue weighted by molar-refractivity contribution is 5.93. The number of hydrogen-bond donors (Lipinski definition) is 2. The molecule has 0 aliphatic heterocycles. The summed E-state index contributed by atoms with van der Waals surface area (Å²) in [5, 5.41) is 9.67. The monoisotopic (exact) mass is 376 g/mol. The molecular weight excluding hydrogens is 352 g/mol. The Kier molecular flexibility index (Phi) is 5.38. The summed E-state index contributed by atoms with van der Waals surface area (Å²) in [5.74, 6) is 0.287. The zero-order valence-corrected chi connectivity index (χ0v) is 16.5. The molecule has 5 nitrogen and oxygen atoms in total. The number of benzene rings is 2. The van der Waals surface area contributed by atoms with E-state index in [1.807, 2.05) is 42.8 Å². The fourth-order valence-corrected chi connectivity index (χ4v) is 3.30. The van der Waals surface area contributed by atoms with Gasteiger partial charge in [0, 0.05) is 29.7 Å². The number of aryl methyl sites for hydroxylation is 2. The predicted octanol–water partition coefficient (Wildman–Crippen LogP) is 4.38. The number of aromatic nitrogens is 1. The standard InChI is InChI=1S/C23H24N2O3/c1-14-10-18(13-22(28-5)15(14)2)16(3)17-6-8-21-19(11-17)12-20(25(21)4)7-9-23(26)24-27/h6-13,27H,3H2,1-2,4-5H3,(H,24,26)/b9-7+. The maximum atomic E-state index is 11.2. The summed E-state index contributed by atoms with van der Waals surface area (Å²) >= 11 is 0. The second-order valence-electron chi connectivity index (χ2n) is 6.81. The zero-order chi connectivity index (χ0) is 20.4. The first-order valence-corrected chi connectivity index (χ1v) is 8.92. The molecular formula is C23H24N2O3. The van der Waals surface area contributed by atoms with Crippen LogP contribution in [-0.2, 0) is 11.8 Å². The molecule has 1 amide bonds. The van der Waals surface area contributed by atoms with Crippen LogP contribution >= 0.6 is 0 Å². The second kappa shape index (κ2) is 7.74. The van der Waals surface area contributed by atoms with Crippen molar-refractivity contribution in [1.82, 2.24) is 10.0 Å². The molecule has 28 heavy (non-hydrogen) atoms. The van der Waals surface area contributed by atoms with E-state index in [0.717, 1.165) is 50.2 Å². The van der Waals surface area contributed by atoms with Gasteiger partial charge in [-0.05, 0) is 72.0 Å². The smallest absolute Gasteiger partial charge is 0.267 e. The Morgan fingerprint density at radius 3 is 2.61 bits per heavy atom. The minimum Gasteiger partial charge on any atom is -0.496 e. The number of methoxy groups -OCH3 is 1. The predicted molar refractivity (Wildman–Crippen MR) is 112 cm³/mol. The third kappa shape index (κ3) is 3.57. The molecule has 0 fully saturated rings. The van der Waals surface area contributed by atoms with E-state index in [1.165, 1.54) is 6.08 Å². The van der Waals surface area contributed by atoms with E-state index >= 15 is 0 Å². The highest BCUT2D eigenvalue weighted by Crippen LogP contribution is 2.31. The largest absolute Gasteiger partial charge is 0.496 e. The van der Waals surface area contributed by atoms with Crippen molar-refractivity contribution in [1.29, 1.82) is 0 Å². The Morgan fingerprint density at radius 2 is 1.93 bits per heavy atom. The summed E-state index contributed by atoms with van der Waals surface area (Å²) in [7, 11) is 3.61. The highest BCUT2D eigenvalue weighted by atomic mass is 16.5. The average molecular weight is 376 g/mol. The molecule has 1 heterocycles. The summed E-state index contributed by atoms with van der Waals surface area (Å²) in [4.78, 5) is 11.2. The first-order valence-electron chi connectivity index (χ1n) is 8.92. The van der Waals surface area contributed by atoms with Crippen molar-refractivity contribution >= 4 is 28.5 Å². The molecule has 0 spiro atoms. The molecule has 2 aromatic carbocycles. The average Bonchev–Trinajstić information content (AvgIpc) is 3.02. The lowest BCUT2D eigenvalue weighted by molar-refractivity contribution is -0.124. The fourth-order valence-electron chi connectivity index (χ4n) is 3.30. The van der Waals surface area contributed by atoms with Gasteiger partial charge in [-0.3, -0.25) is 10.0 Å². The van der Waals surface area contributed by atoms with Crippen LogP contribution in [0, 0.1) is 13.8 Å². The molecule has 0 aliphatic carbocycles. The van der Waals surface area contributed by atoms with Crippen LogP contribution in [0.15, 0.2) is 49.1 Å². The van der Waals surface area contributed by atoms with Crippen LogP contribution < -0.4 is 10.2 Å². The van der Waals surface area contributed by atoms with Crippen LogP contribution in [0.5, 0.6) is 5.75 Å². The quantitative estimate of drug-likeness (QED) is 0.394. The lowest BCUT2D eigenvalue weighted by Crippen LogP contribution is -2.14. The van der Waals surface area contributed by atoms with Crippen LogP contribution in [-0.4, -0.2) is 22.8 Å². The summed E-state index contributed by atoms with van der Waals surface area (Å²) in [6.45, 7) is 8.40. The SMILES string of the molecule is C=C(c1cc(C)c(C)c(OC)c1)c1ccc2c(c1)cc(/C=C/C(=O)NO)n2C. The van der Waals surface area contributed by atoms with Crippen LogP contribution in [0.4, 0.5) is 0 Å². The summed E-state index contributed by atoms with van der Waals surface area (Å²) in [6.07, 6.45) is 2.95. The normalized spacial score (nSPS) is 11.2. The van der Waals surface area contributed by atoms with E-state index in [1.54, 1.807) is 18.7 Å². The van der Waals surface area contributed by atoms with Crippen LogP contribution in [0.2, 0.25) is 0 Å². The van der Waals surface area contributed by atoms with Crippen molar-refractivity contribution in [3.05, 3.63) is 77.0 Å². The number of nitrogens with zero attached hydrogens (tertiary/aromatic N) is 1. The Balaban J connectivity index is 2.00. The van der Waals surface area contributed by atoms with E-state index in [4.69, 9.17) is 9.94 Å². The topological polar surface area (TPSA) is 63.5 Å². The van der Waals surface area contributed by atoms with Crippen molar-refractivity contribution in [2.45, 2.75) is 13.8 Å². The molecule has 5 heteroatoms. The molecule has 0 saturated heterocycles. The van der Waals surface area contributed by atoms with Gasteiger partial charge in [-0.1, -0.05) is 18.7 Å². The van der Waals surface area contributed by atoms with Gasteiger partial charge in [0.05, 0.1) is 7.11 Å². The molecule has 2 N–H and O–H groups in total. The van der Waals surface area contributed by atoms with Gasteiger partial charge in [-0.15, -0.1) is 0 Å². The van der Waals surface area contributed by atoms with Crippen molar-refractivity contribution in [3.63, 3.8) is 0 Å². The first kappa shape index (κ1) is 19.5. The number of nitrogens with one attached hydrogen (secondary N) is 1. The summed E-state index contributed by atoms with van der Waals surface area (Å²) < 4.78 is 7.48. The molecule has 0 radical (unpaired) electrons. The first-order chi connectivity index (χ1) is 13.3. The molecule has 0 saturated carbocycles. The Hall–Kier alpha value is -3.31. The minimum atomic E-state index is -0.567. The number of carbonyl (C=O) groups is 1. The zero-order valence-electron chi connectivity index (χ0n) is 16.5. The van der Waals surface area contributed by atoms with Gasteiger partial charge in [0.2, 0.25) is 0 Å². The van der Waals surface area contributed by atoms with Crippen molar-refractivity contribution in [2.24, 2.45) is 7.05 Å². The van der Waals surface area contributed by atoms with Gasteiger partial charge in [-0.2, -0.15) is 0 Å². The van der Waals surface area contributed by atoms with Crippen molar-refractivity contribution in [3.8, 4) is 5.75 Å². The molecule has 0 atom stereocenters. The molecule has 3 aromatic rings. The van der Waals surface area contributed by atoms with E-state index in [2.05, 4.69) is 25.6 Å². The number of ether oxygens (including phenoxy) is 1. The highest BCUT2D eigenvalue weighted by Gasteiger charge is 2.11. The second-order valence-corrected chi connectivity index (χ2v) is 6.81. The minimum absolute atomic E-state index is 0.567. The number of rotatable bonds is 5. The summed E-state index contributed by atoms with van der Waals surface area (Å²) in [5.41, 5.74) is 8.74. The molecule has 0 bridgehead atoms.